The lowest BCUT2D eigenvalue weighted by Crippen LogP contribution is -2.57. The number of hydrogen-bond donors (Lipinski definition) is 5. The number of carbonyl (C=O) groups is 2. The van der Waals surface area contributed by atoms with E-state index < -0.39 is 35.0 Å². The van der Waals surface area contributed by atoms with E-state index in [0.717, 1.165) is 89.9 Å². The van der Waals surface area contributed by atoms with Gasteiger partial charge in [0.1, 0.15) is 0 Å². The molecule has 9 nitrogen and oxygen atoms in total. The normalized spacial score (nSPS) is 29.8. The van der Waals surface area contributed by atoms with E-state index in [1.54, 1.807) is 0 Å². The average Bonchev–Trinajstić information content (AvgIpc) is 3.24. The molecule has 0 spiro atoms. The smallest absolute Gasteiger partial charge is 0.376 e. The van der Waals surface area contributed by atoms with E-state index in [1.807, 2.05) is 0 Å². The van der Waals surface area contributed by atoms with Crippen molar-refractivity contribution in [3.8, 4) is 0 Å². The maximum atomic E-state index is 12.8. The number of halogens is 4. The largest absolute Gasteiger partial charge is 0.461 e. The summed E-state index contributed by atoms with van der Waals surface area (Å²) in [5.74, 6) is -7.14. The lowest BCUT2D eigenvalue weighted by molar-refractivity contribution is -0.197. The molecule has 0 heterocycles. The molecule has 0 radical (unpaired) electrons. The molecular formula is C58H88F4O9. The molecule has 0 saturated heterocycles. The Morgan fingerprint density at radius 3 is 1.08 bits per heavy atom. The van der Waals surface area contributed by atoms with Crippen LogP contribution >= 0.6 is 0 Å². The minimum absolute atomic E-state index is 0.0323. The minimum Gasteiger partial charge on any atom is -0.461 e. The summed E-state index contributed by atoms with van der Waals surface area (Å²) in [4.78, 5) is 22.4. The summed E-state index contributed by atoms with van der Waals surface area (Å²) >= 11 is 0. The molecule has 8 saturated carbocycles. The molecule has 0 aliphatic heterocycles. The first-order valence-electron chi connectivity index (χ1n) is 26.5. The first-order chi connectivity index (χ1) is 32.9. The van der Waals surface area contributed by atoms with Crippen molar-refractivity contribution < 1.29 is 62.2 Å². The fourth-order valence-electron chi connectivity index (χ4n) is 13.9. The van der Waals surface area contributed by atoms with Gasteiger partial charge in [0.25, 0.3) is 0 Å². The second-order valence-electron chi connectivity index (χ2n) is 25.4. The van der Waals surface area contributed by atoms with Crippen molar-refractivity contribution in [2.75, 3.05) is 33.0 Å². The molecule has 2 aromatic carbocycles. The van der Waals surface area contributed by atoms with Gasteiger partial charge in [0.15, 0.2) is 0 Å². The van der Waals surface area contributed by atoms with Crippen molar-refractivity contribution in [1.82, 2.24) is 0 Å². The van der Waals surface area contributed by atoms with Crippen LogP contribution in [-0.4, -0.2) is 93.6 Å². The molecule has 5 atom stereocenters. The molecule has 402 valence electrons. The van der Waals surface area contributed by atoms with Gasteiger partial charge >= 0.3 is 23.8 Å². The molecular weight excluding hydrogens is 917 g/mol. The number of aliphatic hydroxyl groups is 5. The van der Waals surface area contributed by atoms with Crippen LogP contribution in [0.15, 0.2) is 48.5 Å². The zero-order valence-corrected chi connectivity index (χ0v) is 44.3. The molecule has 8 aliphatic rings. The topological polar surface area (TPSA) is 154 Å². The maximum Gasteiger partial charge on any atom is 0.376 e. The van der Waals surface area contributed by atoms with Gasteiger partial charge < -0.3 is 35.0 Å². The van der Waals surface area contributed by atoms with Gasteiger partial charge in [0.05, 0.1) is 24.4 Å². The van der Waals surface area contributed by atoms with Crippen LogP contribution in [-0.2, 0) is 29.9 Å². The van der Waals surface area contributed by atoms with E-state index in [9.17, 15) is 37.4 Å². The Balaban J connectivity index is 0.000000177. The van der Waals surface area contributed by atoms with E-state index in [2.05, 4.69) is 97.0 Å². The number of esters is 2. The van der Waals surface area contributed by atoms with Crippen molar-refractivity contribution in [3.63, 3.8) is 0 Å². The molecule has 5 unspecified atom stereocenters. The third-order valence-corrected chi connectivity index (χ3v) is 16.5. The van der Waals surface area contributed by atoms with Crippen LogP contribution in [0.25, 0.3) is 0 Å². The second kappa shape index (κ2) is 23.2. The highest BCUT2D eigenvalue weighted by molar-refractivity contribution is 5.77. The Morgan fingerprint density at radius 1 is 0.535 bits per heavy atom. The van der Waals surface area contributed by atoms with Gasteiger partial charge in [-0.05, 0) is 171 Å². The highest BCUT2D eigenvalue weighted by Crippen LogP contribution is 2.63. The quantitative estimate of drug-likeness (QED) is 0.0867. The Hall–Kier alpha value is -3.10. The molecule has 8 fully saturated rings. The van der Waals surface area contributed by atoms with Crippen molar-refractivity contribution in [2.24, 2.45) is 34.5 Å². The van der Waals surface area contributed by atoms with Gasteiger partial charge in [-0.25, -0.2) is 9.59 Å². The van der Waals surface area contributed by atoms with E-state index in [0.29, 0.717) is 56.3 Å². The SMILES string of the molecule is CC(C)(C)c1ccc(C(CCO)CCO)cc1.CC(F)(F)C(=O)OCC12CC3CC(CC(O)(C3)C1)C2.CC(F)(F)C(=O)OCC12CC3CC(CC(O)(C3)C1)C2.CCC(CCO)c1ccc(C(C)(C)C)cc1. The molecule has 8 bridgehead atoms. The van der Waals surface area contributed by atoms with Gasteiger partial charge in [-0.15, -0.1) is 0 Å². The van der Waals surface area contributed by atoms with Crippen molar-refractivity contribution >= 4 is 11.9 Å². The van der Waals surface area contributed by atoms with Crippen LogP contribution < -0.4 is 0 Å². The van der Waals surface area contributed by atoms with E-state index in [4.69, 9.17) is 24.8 Å². The number of aliphatic hydroxyl groups excluding tert-OH is 3. The highest BCUT2D eigenvalue weighted by atomic mass is 19.3. The molecule has 71 heavy (non-hydrogen) atoms. The Morgan fingerprint density at radius 2 is 0.831 bits per heavy atom. The lowest BCUT2D eigenvalue weighted by atomic mass is 9.48. The number of rotatable bonds is 15. The zero-order valence-electron chi connectivity index (χ0n) is 44.3. The molecule has 0 aromatic heterocycles. The van der Waals surface area contributed by atoms with Crippen molar-refractivity contribution in [2.45, 2.75) is 211 Å². The number of hydrogen-bond acceptors (Lipinski definition) is 9. The predicted molar refractivity (Wildman–Crippen MR) is 268 cm³/mol. The first kappa shape index (κ1) is 58.8. The van der Waals surface area contributed by atoms with Gasteiger partial charge in [-0.2, -0.15) is 17.6 Å². The van der Waals surface area contributed by atoms with Gasteiger partial charge in [-0.3, -0.25) is 0 Å². The van der Waals surface area contributed by atoms with Gasteiger partial charge in [0, 0.05) is 44.5 Å². The van der Waals surface area contributed by atoms with Crippen LogP contribution in [0.2, 0.25) is 0 Å². The fraction of sp³-hybridized carbons (Fsp3) is 0.759. The van der Waals surface area contributed by atoms with Crippen LogP contribution in [0.3, 0.4) is 0 Å². The third-order valence-electron chi connectivity index (χ3n) is 16.5. The number of ether oxygens (including phenoxy) is 2. The molecule has 10 rings (SSSR count). The third kappa shape index (κ3) is 16.2. The van der Waals surface area contributed by atoms with E-state index >= 15 is 0 Å². The number of alkyl halides is 4. The highest BCUT2D eigenvalue weighted by Gasteiger charge is 2.59. The average molecular weight is 1010 g/mol. The predicted octanol–water partition coefficient (Wildman–Crippen LogP) is 11.7. The summed E-state index contributed by atoms with van der Waals surface area (Å²) in [7, 11) is 0. The van der Waals surface area contributed by atoms with Crippen molar-refractivity contribution in [1.29, 1.82) is 0 Å². The fourth-order valence-corrected chi connectivity index (χ4v) is 13.9. The molecule has 5 N–H and O–H groups in total. The minimum atomic E-state index is -3.43. The van der Waals surface area contributed by atoms with Gasteiger partial charge in [-0.1, -0.05) is 97.0 Å². The molecule has 0 amide bonds. The Kier molecular flexibility index (Phi) is 19.2. The summed E-state index contributed by atoms with van der Waals surface area (Å²) in [6.45, 7) is 17.3. The zero-order chi connectivity index (χ0) is 52.8. The molecule has 8 aliphatic carbocycles. The maximum absolute atomic E-state index is 12.8. The van der Waals surface area contributed by atoms with Crippen LogP contribution in [0.5, 0.6) is 0 Å². The Labute approximate surface area is 421 Å². The van der Waals surface area contributed by atoms with Crippen molar-refractivity contribution in [3.05, 3.63) is 70.8 Å². The first-order valence-corrected chi connectivity index (χ1v) is 26.5. The summed E-state index contributed by atoms with van der Waals surface area (Å²) in [5.41, 5.74) is 3.81. The van der Waals surface area contributed by atoms with Crippen LogP contribution in [0.4, 0.5) is 17.6 Å². The molecule has 13 heteroatoms. The summed E-state index contributed by atoms with van der Waals surface area (Å²) in [5, 5.41) is 48.1. The standard InChI is InChI=1S/C15H24O2.C15H24O.2C14H20F2O3/c1-15(2,3)14-6-4-12(5-7-14)13(8-10-16)9-11-17;1-5-12(10-11-16)13-6-8-14(9-7-13)15(2,3)4;2*1-12(15,16)11(17)19-8-13-3-9-2-10(4-13)6-14(18,5-9)7-13/h4-7,13,16-17H,8-11H2,1-3H3;6-9,12,16H,5,10-11H2,1-4H3;2*9-10,18H,2-8H2,1H3. The number of carbonyl (C=O) groups excluding carboxylic acids is 2. The van der Waals surface area contributed by atoms with E-state index in [-0.39, 0.29) is 60.6 Å². The van der Waals surface area contributed by atoms with Gasteiger partial charge in [0.2, 0.25) is 0 Å². The Bertz CT molecular complexity index is 1900. The van der Waals surface area contributed by atoms with E-state index in [1.165, 1.54) is 22.3 Å². The second-order valence-corrected chi connectivity index (χ2v) is 25.4. The number of benzene rings is 2. The van der Waals surface area contributed by atoms with Crippen LogP contribution in [0.1, 0.15) is 199 Å². The summed E-state index contributed by atoms with van der Waals surface area (Å²) in [6, 6.07) is 17.4. The lowest BCUT2D eigenvalue weighted by Gasteiger charge is -2.59. The summed E-state index contributed by atoms with van der Waals surface area (Å²) < 4.78 is 61.0. The van der Waals surface area contributed by atoms with Crippen LogP contribution in [0, 0.1) is 34.5 Å². The monoisotopic (exact) mass is 1000 g/mol. The molecule has 2 aromatic rings. The summed E-state index contributed by atoms with van der Waals surface area (Å²) in [6.07, 6.45) is 13.7.